The number of carbonyl (C=O) groups is 2. The first-order valence-electron chi connectivity index (χ1n) is 8.90. The maximum absolute atomic E-state index is 13.0. The second-order valence-electron chi connectivity index (χ2n) is 6.18. The topological polar surface area (TPSA) is 58.6 Å². The third-order valence-electron chi connectivity index (χ3n) is 4.14. The number of unbranched alkanes of at least 4 members (excludes halogenated alkanes) is 1. The van der Waals surface area contributed by atoms with Crippen LogP contribution in [0.15, 0.2) is 54.1 Å². The van der Waals surface area contributed by atoms with Crippen LogP contribution < -0.4 is 15.0 Å². The zero-order valence-corrected chi connectivity index (χ0v) is 16.8. The van der Waals surface area contributed by atoms with Crippen molar-refractivity contribution in [1.82, 2.24) is 5.32 Å². The summed E-state index contributed by atoms with van der Waals surface area (Å²) in [5, 5.41) is 3.10. The predicted octanol–water partition coefficient (Wildman–Crippen LogP) is 4.35. The van der Waals surface area contributed by atoms with Gasteiger partial charge in [0.25, 0.3) is 11.8 Å². The zero-order chi connectivity index (χ0) is 20.1. The number of halogens is 1. The van der Waals surface area contributed by atoms with Crippen LogP contribution in [0.25, 0.3) is 6.08 Å². The highest BCUT2D eigenvalue weighted by Crippen LogP contribution is 2.28. The lowest BCUT2D eigenvalue weighted by molar-refractivity contribution is -0.122. The standard InChI is InChI=1S/C21H19ClN2O3S/c1-2-3-11-27-18-10-9-15(22)12-14(18)13-17-19(25)23-21(28)24(20(17)26)16-7-5-4-6-8-16/h4-10,12-13H,2-3,11H2,1H3,(H,23,25,28)/b17-13-. The van der Waals surface area contributed by atoms with Crippen molar-refractivity contribution < 1.29 is 14.3 Å². The summed E-state index contributed by atoms with van der Waals surface area (Å²) in [6.45, 7) is 2.61. The second kappa shape index (κ2) is 8.99. The summed E-state index contributed by atoms with van der Waals surface area (Å²) in [5.74, 6) is -0.494. The average molecular weight is 415 g/mol. The van der Waals surface area contributed by atoms with E-state index >= 15 is 0 Å². The molecule has 0 radical (unpaired) electrons. The third-order valence-corrected chi connectivity index (χ3v) is 4.66. The number of rotatable bonds is 6. The Morgan fingerprint density at radius 1 is 1.18 bits per heavy atom. The van der Waals surface area contributed by atoms with Crippen molar-refractivity contribution in [3.63, 3.8) is 0 Å². The van der Waals surface area contributed by atoms with Gasteiger partial charge in [0.2, 0.25) is 0 Å². The van der Waals surface area contributed by atoms with Crippen LogP contribution in [0, 0.1) is 0 Å². The van der Waals surface area contributed by atoms with E-state index in [2.05, 4.69) is 12.2 Å². The van der Waals surface area contributed by atoms with Gasteiger partial charge in [-0.1, -0.05) is 43.1 Å². The van der Waals surface area contributed by atoms with Crippen LogP contribution >= 0.6 is 23.8 Å². The molecule has 2 amide bonds. The molecule has 2 aromatic rings. The molecule has 0 spiro atoms. The number of nitrogens with one attached hydrogen (secondary N) is 1. The van der Waals surface area contributed by atoms with Gasteiger partial charge >= 0.3 is 0 Å². The number of benzene rings is 2. The number of para-hydroxylation sites is 1. The van der Waals surface area contributed by atoms with E-state index < -0.39 is 11.8 Å². The summed E-state index contributed by atoms with van der Waals surface area (Å²) < 4.78 is 5.79. The van der Waals surface area contributed by atoms with Gasteiger partial charge in [0.05, 0.1) is 12.3 Å². The fourth-order valence-electron chi connectivity index (χ4n) is 2.71. The van der Waals surface area contributed by atoms with Crippen LogP contribution in [0.2, 0.25) is 5.02 Å². The Labute approximate surface area is 173 Å². The molecular weight excluding hydrogens is 396 g/mol. The lowest BCUT2D eigenvalue weighted by Crippen LogP contribution is -2.54. The van der Waals surface area contributed by atoms with E-state index in [1.54, 1.807) is 42.5 Å². The van der Waals surface area contributed by atoms with Crippen molar-refractivity contribution in [3.05, 3.63) is 64.7 Å². The molecule has 3 rings (SSSR count). The molecule has 0 atom stereocenters. The number of ether oxygens (including phenoxy) is 1. The van der Waals surface area contributed by atoms with Crippen LogP contribution in [0.4, 0.5) is 5.69 Å². The molecule has 5 nitrogen and oxygen atoms in total. The van der Waals surface area contributed by atoms with Gasteiger partial charge in [0.1, 0.15) is 11.3 Å². The first-order valence-corrected chi connectivity index (χ1v) is 9.68. The minimum Gasteiger partial charge on any atom is -0.493 e. The number of hydrogen-bond acceptors (Lipinski definition) is 4. The van der Waals surface area contributed by atoms with Gasteiger partial charge in [-0.05, 0) is 55.0 Å². The van der Waals surface area contributed by atoms with Gasteiger partial charge in [-0.3, -0.25) is 19.8 Å². The fourth-order valence-corrected chi connectivity index (χ4v) is 3.18. The van der Waals surface area contributed by atoms with Crippen molar-refractivity contribution in [1.29, 1.82) is 0 Å². The van der Waals surface area contributed by atoms with Crippen LogP contribution in [0.1, 0.15) is 25.3 Å². The van der Waals surface area contributed by atoms with E-state index in [9.17, 15) is 9.59 Å². The first kappa shape index (κ1) is 20.0. The van der Waals surface area contributed by atoms with Crippen LogP contribution in [0.3, 0.4) is 0 Å². The van der Waals surface area contributed by atoms with E-state index in [1.165, 1.54) is 11.0 Å². The summed E-state index contributed by atoms with van der Waals surface area (Å²) in [6, 6.07) is 14.0. The van der Waals surface area contributed by atoms with Gasteiger partial charge in [-0.15, -0.1) is 0 Å². The average Bonchev–Trinajstić information content (AvgIpc) is 2.67. The summed E-state index contributed by atoms with van der Waals surface area (Å²) in [7, 11) is 0. The van der Waals surface area contributed by atoms with Crippen molar-refractivity contribution in [2.75, 3.05) is 11.5 Å². The van der Waals surface area contributed by atoms with Gasteiger partial charge in [0, 0.05) is 10.6 Å². The molecule has 0 bridgehead atoms. The molecule has 0 aromatic heterocycles. The molecule has 7 heteroatoms. The Morgan fingerprint density at radius 3 is 2.64 bits per heavy atom. The summed E-state index contributed by atoms with van der Waals surface area (Å²) >= 11 is 11.3. The highest BCUT2D eigenvalue weighted by atomic mass is 35.5. The molecule has 1 heterocycles. The molecule has 1 aliphatic rings. The minimum absolute atomic E-state index is 0.0416. The smallest absolute Gasteiger partial charge is 0.270 e. The van der Waals surface area contributed by atoms with Crippen LogP contribution in [0.5, 0.6) is 5.75 Å². The van der Waals surface area contributed by atoms with E-state index in [0.717, 1.165) is 12.8 Å². The van der Waals surface area contributed by atoms with Crippen LogP contribution in [-0.2, 0) is 9.59 Å². The van der Waals surface area contributed by atoms with E-state index in [-0.39, 0.29) is 10.7 Å². The first-order chi connectivity index (χ1) is 13.5. The Kier molecular flexibility index (Phi) is 6.44. The highest BCUT2D eigenvalue weighted by molar-refractivity contribution is 7.80. The molecule has 28 heavy (non-hydrogen) atoms. The summed E-state index contributed by atoms with van der Waals surface area (Å²) in [5.41, 5.74) is 1.09. The number of anilines is 1. The highest BCUT2D eigenvalue weighted by Gasteiger charge is 2.34. The maximum Gasteiger partial charge on any atom is 0.270 e. The summed E-state index contributed by atoms with van der Waals surface area (Å²) in [4.78, 5) is 26.8. The second-order valence-corrected chi connectivity index (χ2v) is 7.00. The Bertz CT molecular complexity index is 944. The number of carbonyl (C=O) groups excluding carboxylic acids is 2. The maximum atomic E-state index is 13.0. The zero-order valence-electron chi connectivity index (χ0n) is 15.3. The Balaban J connectivity index is 1.98. The van der Waals surface area contributed by atoms with Crippen molar-refractivity contribution in [3.8, 4) is 5.75 Å². The predicted molar refractivity (Wildman–Crippen MR) is 115 cm³/mol. The number of amides is 2. The Morgan fingerprint density at radius 2 is 1.93 bits per heavy atom. The molecule has 1 saturated heterocycles. The molecular formula is C21H19ClN2O3S. The third kappa shape index (κ3) is 4.40. The minimum atomic E-state index is -0.554. The van der Waals surface area contributed by atoms with Gasteiger partial charge < -0.3 is 4.74 Å². The van der Waals surface area contributed by atoms with E-state index in [0.29, 0.717) is 28.6 Å². The SMILES string of the molecule is CCCCOc1ccc(Cl)cc1/C=C1/C(=O)NC(=S)N(c2ccccc2)C1=O. The van der Waals surface area contributed by atoms with Crippen molar-refractivity contribution in [2.45, 2.75) is 19.8 Å². The molecule has 0 saturated carbocycles. The molecule has 1 N–H and O–H groups in total. The molecule has 0 aliphatic carbocycles. The number of hydrogen-bond donors (Lipinski definition) is 1. The quantitative estimate of drug-likeness (QED) is 0.330. The molecule has 1 aliphatic heterocycles. The van der Waals surface area contributed by atoms with Crippen molar-refractivity contribution in [2.24, 2.45) is 0 Å². The molecule has 0 unspecified atom stereocenters. The number of thiocarbonyl (C=S) groups is 1. The normalized spacial score (nSPS) is 15.7. The van der Waals surface area contributed by atoms with E-state index in [4.69, 9.17) is 28.6 Å². The lowest BCUT2D eigenvalue weighted by atomic mass is 10.1. The van der Waals surface area contributed by atoms with Gasteiger partial charge in [-0.2, -0.15) is 0 Å². The molecule has 144 valence electrons. The molecule has 2 aromatic carbocycles. The monoisotopic (exact) mass is 414 g/mol. The Hall–Kier alpha value is -2.70. The van der Waals surface area contributed by atoms with Crippen molar-refractivity contribution >= 4 is 52.5 Å². The van der Waals surface area contributed by atoms with Gasteiger partial charge in [0.15, 0.2) is 5.11 Å². The lowest BCUT2D eigenvalue weighted by Gasteiger charge is -2.29. The fraction of sp³-hybridized carbons (Fsp3) is 0.190. The molecule has 1 fully saturated rings. The van der Waals surface area contributed by atoms with Gasteiger partial charge in [-0.25, -0.2) is 0 Å². The summed E-state index contributed by atoms with van der Waals surface area (Å²) in [6.07, 6.45) is 3.38. The van der Waals surface area contributed by atoms with E-state index in [1.807, 2.05) is 6.07 Å². The van der Waals surface area contributed by atoms with Crippen LogP contribution in [-0.4, -0.2) is 23.5 Å². The largest absolute Gasteiger partial charge is 0.493 e. The number of nitrogens with zero attached hydrogens (tertiary/aromatic N) is 1.